The first-order chi connectivity index (χ1) is 10.6. The molecule has 4 nitrogen and oxygen atoms in total. The zero-order valence-electron chi connectivity index (χ0n) is 13.0. The van der Waals surface area contributed by atoms with E-state index in [1.165, 1.54) is 5.56 Å². The molecule has 0 amide bonds. The van der Waals surface area contributed by atoms with Crippen LogP contribution in [0.25, 0.3) is 16.8 Å². The van der Waals surface area contributed by atoms with Crippen molar-refractivity contribution in [2.24, 2.45) is 0 Å². The van der Waals surface area contributed by atoms with Crippen LogP contribution in [0.1, 0.15) is 11.3 Å². The number of methoxy groups -OCH3 is 1. The van der Waals surface area contributed by atoms with Crippen LogP contribution in [0, 0.1) is 13.8 Å². The van der Waals surface area contributed by atoms with Gasteiger partial charge in [-0.1, -0.05) is 35.9 Å². The Morgan fingerprint density at radius 2 is 1.68 bits per heavy atom. The molecule has 0 spiro atoms. The van der Waals surface area contributed by atoms with Gasteiger partial charge in [0.1, 0.15) is 11.6 Å². The van der Waals surface area contributed by atoms with Gasteiger partial charge in [0.25, 0.3) is 0 Å². The van der Waals surface area contributed by atoms with Gasteiger partial charge in [-0.3, -0.25) is 0 Å². The number of aryl methyl sites for hydroxylation is 2. The molecule has 3 aromatic rings. The van der Waals surface area contributed by atoms with Crippen LogP contribution < -0.4 is 10.5 Å². The molecule has 112 valence electrons. The summed E-state index contributed by atoms with van der Waals surface area (Å²) >= 11 is 0. The summed E-state index contributed by atoms with van der Waals surface area (Å²) < 4.78 is 7.22. The quantitative estimate of drug-likeness (QED) is 0.800. The minimum atomic E-state index is 0.617. The molecule has 3 rings (SSSR count). The number of nitrogen functional groups attached to an aromatic ring is 1. The van der Waals surface area contributed by atoms with Gasteiger partial charge >= 0.3 is 0 Å². The molecular weight excluding hydrogens is 274 g/mol. The SMILES string of the molecule is COc1ccccc1-c1c(C)nn(-c2ccc(C)cc2)c1N. The molecule has 0 saturated carbocycles. The number of para-hydroxylation sites is 1. The Morgan fingerprint density at radius 3 is 2.36 bits per heavy atom. The van der Waals surface area contributed by atoms with E-state index in [1.54, 1.807) is 11.8 Å². The third-order valence-corrected chi connectivity index (χ3v) is 3.75. The molecule has 0 bridgehead atoms. The van der Waals surface area contributed by atoms with Crippen molar-refractivity contribution in [3.05, 3.63) is 59.8 Å². The predicted molar refractivity (Wildman–Crippen MR) is 89.4 cm³/mol. The standard InChI is InChI=1S/C18H19N3O/c1-12-8-10-14(11-9-12)21-18(19)17(13(2)20-21)15-6-4-5-7-16(15)22-3/h4-11H,19H2,1-3H3. The second-order valence-corrected chi connectivity index (χ2v) is 5.29. The van der Waals surface area contributed by atoms with Crippen molar-refractivity contribution < 1.29 is 4.74 Å². The fourth-order valence-electron chi connectivity index (χ4n) is 2.61. The number of nitrogens with two attached hydrogens (primary N) is 1. The highest BCUT2D eigenvalue weighted by molar-refractivity contribution is 5.81. The maximum atomic E-state index is 6.37. The third-order valence-electron chi connectivity index (χ3n) is 3.75. The first-order valence-corrected chi connectivity index (χ1v) is 7.17. The van der Waals surface area contributed by atoms with Crippen molar-refractivity contribution >= 4 is 5.82 Å². The summed E-state index contributed by atoms with van der Waals surface area (Å²) in [6.45, 7) is 4.02. The fraction of sp³-hybridized carbons (Fsp3) is 0.167. The van der Waals surface area contributed by atoms with E-state index in [0.29, 0.717) is 5.82 Å². The molecule has 4 heteroatoms. The lowest BCUT2D eigenvalue weighted by Gasteiger charge is -2.09. The van der Waals surface area contributed by atoms with E-state index >= 15 is 0 Å². The Balaban J connectivity index is 2.17. The summed E-state index contributed by atoms with van der Waals surface area (Å²) in [7, 11) is 1.66. The molecule has 0 fully saturated rings. The van der Waals surface area contributed by atoms with Gasteiger partial charge < -0.3 is 10.5 Å². The molecule has 2 N–H and O–H groups in total. The molecule has 0 aliphatic rings. The number of benzene rings is 2. The van der Waals surface area contributed by atoms with Crippen LogP contribution in [0.2, 0.25) is 0 Å². The average molecular weight is 293 g/mol. The minimum Gasteiger partial charge on any atom is -0.496 e. The minimum absolute atomic E-state index is 0.617. The highest BCUT2D eigenvalue weighted by Gasteiger charge is 2.18. The molecule has 1 heterocycles. The summed E-state index contributed by atoms with van der Waals surface area (Å²) in [6.07, 6.45) is 0. The van der Waals surface area contributed by atoms with Crippen LogP contribution in [-0.4, -0.2) is 16.9 Å². The maximum Gasteiger partial charge on any atom is 0.135 e. The lowest BCUT2D eigenvalue weighted by atomic mass is 10.0. The summed E-state index contributed by atoms with van der Waals surface area (Å²) in [4.78, 5) is 0. The van der Waals surface area contributed by atoms with Gasteiger partial charge in [-0.05, 0) is 32.0 Å². The van der Waals surface area contributed by atoms with E-state index in [0.717, 1.165) is 28.3 Å². The van der Waals surface area contributed by atoms with E-state index < -0.39 is 0 Å². The normalized spacial score (nSPS) is 10.7. The summed E-state index contributed by atoms with van der Waals surface area (Å²) in [5.74, 6) is 1.41. The lowest BCUT2D eigenvalue weighted by molar-refractivity contribution is 0.416. The number of aromatic nitrogens is 2. The molecular formula is C18H19N3O. The van der Waals surface area contributed by atoms with Gasteiger partial charge in [-0.25, -0.2) is 4.68 Å². The number of hydrogen-bond acceptors (Lipinski definition) is 3. The Hall–Kier alpha value is -2.75. The molecule has 1 aromatic heterocycles. The number of hydrogen-bond donors (Lipinski definition) is 1. The maximum absolute atomic E-state index is 6.37. The van der Waals surface area contributed by atoms with Crippen LogP contribution in [0.15, 0.2) is 48.5 Å². The Bertz CT molecular complexity index is 804. The molecule has 0 radical (unpaired) electrons. The highest BCUT2D eigenvalue weighted by Crippen LogP contribution is 2.36. The average Bonchev–Trinajstić information content (AvgIpc) is 2.83. The van der Waals surface area contributed by atoms with Gasteiger partial charge in [0, 0.05) is 5.56 Å². The van der Waals surface area contributed by atoms with Gasteiger partial charge in [-0.2, -0.15) is 5.10 Å². The third kappa shape index (κ3) is 2.33. The molecule has 22 heavy (non-hydrogen) atoms. The van der Waals surface area contributed by atoms with Crippen LogP contribution in [-0.2, 0) is 0 Å². The fourth-order valence-corrected chi connectivity index (χ4v) is 2.61. The largest absolute Gasteiger partial charge is 0.496 e. The zero-order valence-corrected chi connectivity index (χ0v) is 13.0. The molecule has 0 aliphatic heterocycles. The number of nitrogens with zero attached hydrogens (tertiary/aromatic N) is 2. The first kappa shape index (κ1) is 14.2. The topological polar surface area (TPSA) is 53.1 Å². The summed E-state index contributed by atoms with van der Waals surface area (Å²) in [5, 5.41) is 4.60. The van der Waals surface area contributed by atoms with E-state index in [9.17, 15) is 0 Å². The van der Waals surface area contributed by atoms with Gasteiger partial charge in [0.15, 0.2) is 0 Å². The summed E-state index contributed by atoms with van der Waals surface area (Å²) in [6, 6.07) is 16.0. The van der Waals surface area contributed by atoms with E-state index in [1.807, 2.05) is 43.3 Å². The lowest BCUT2D eigenvalue weighted by Crippen LogP contribution is -2.02. The molecule has 2 aromatic carbocycles. The number of ether oxygens (including phenoxy) is 1. The van der Waals surface area contributed by atoms with Crippen molar-refractivity contribution in [3.8, 4) is 22.6 Å². The van der Waals surface area contributed by atoms with Crippen molar-refractivity contribution in [3.63, 3.8) is 0 Å². The van der Waals surface area contributed by atoms with Crippen LogP contribution >= 0.6 is 0 Å². The second kappa shape index (κ2) is 5.56. The van der Waals surface area contributed by atoms with Gasteiger partial charge in [0.05, 0.1) is 24.1 Å². The monoisotopic (exact) mass is 293 g/mol. The smallest absolute Gasteiger partial charge is 0.135 e. The van der Waals surface area contributed by atoms with Crippen LogP contribution in [0.3, 0.4) is 0 Å². The van der Waals surface area contributed by atoms with E-state index in [4.69, 9.17) is 10.5 Å². The van der Waals surface area contributed by atoms with E-state index in [-0.39, 0.29) is 0 Å². The van der Waals surface area contributed by atoms with Crippen molar-refractivity contribution in [2.45, 2.75) is 13.8 Å². The predicted octanol–water partition coefficient (Wildman–Crippen LogP) is 3.75. The highest BCUT2D eigenvalue weighted by atomic mass is 16.5. The second-order valence-electron chi connectivity index (χ2n) is 5.29. The Labute approximate surface area is 130 Å². The van der Waals surface area contributed by atoms with Crippen LogP contribution in [0.5, 0.6) is 5.75 Å². The van der Waals surface area contributed by atoms with Crippen molar-refractivity contribution in [2.75, 3.05) is 12.8 Å². The Morgan fingerprint density at radius 1 is 1.00 bits per heavy atom. The number of rotatable bonds is 3. The van der Waals surface area contributed by atoms with E-state index in [2.05, 4.69) is 24.2 Å². The van der Waals surface area contributed by atoms with Gasteiger partial charge in [-0.15, -0.1) is 0 Å². The van der Waals surface area contributed by atoms with Crippen molar-refractivity contribution in [1.82, 2.24) is 9.78 Å². The molecule has 0 aliphatic carbocycles. The molecule has 0 atom stereocenters. The van der Waals surface area contributed by atoms with Gasteiger partial charge in [0.2, 0.25) is 0 Å². The number of anilines is 1. The first-order valence-electron chi connectivity index (χ1n) is 7.17. The van der Waals surface area contributed by atoms with Crippen LogP contribution in [0.4, 0.5) is 5.82 Å². The summed E-state index contributed by atoms with van der Waals surface area (Å²) in [5.41, 5.74) is 11.3. The van der Waals surface area contributed by atoms with Crippen molar-refractivity contribution in [1.29, 1.82) is 0 Å². The molecule has 0 unspecified atom stereocenters. The zero-order chi connectivity index (χ0) is 15.7. The Kier molecular flexibility index (Phi) is 3.59. The molecule has 0 saturated heterocycles.